The van der Waals surface area contributed by atoms with Crippen molar-refractivity contribution in [1.29, 1.82) is 0 Å². The van der Waals surface area contributed by atoms with E-state index in [1.165, 1.54) is 32.0 Å². The zero-order chi connectivity index (χ0) is 20.9. The van der Waals surface area contributed by atoms with E-state index in [0.717, 1.165) is 23.5 Å². The predicted molar refractivity (Wildman–Crippen MR) is 92.7 cm³/mol. The maximum Gasteiger partial charge on any atom is 0.501 e. The molecule has 148 valence electrons. The summed E-state index contributed by atoms with van der Waals surface area (Å²) in [5.41, 5.74) is 0.333. The molecule has 0 aliphatic rings. The second-order valence-electron chi connectivity index (χ2n) is 6.06. The van der Waals surface area contributed by atoms with E-state index >= 15 is 0 Å². The van der Waals surface area contributed by atoms with Crippen LogP contribution < -0.4 is 4.74 Å². The van der Waals surface area contributed by atoms with E-state index in [1.54, 1.807) is 0 Å². The van der Waals surface area contributed by atoms with Crippen LogP contribution >= 0.6 is 11.3 Å². The quantitative estimate of drug-likeness (QED) is 0.557. The van der Waals surface area contributed by atoms with Crippen molar-refractivity contribution in [2.75, 3.05) is 0 Å². The Morgan fingerprint density at radius 1 is 1.07 bits per heavy atom. The number of thiazole rings is 1. The number of aromatic nitrogens is 1. The number of rotatable bonds is 4. The molecule has 4 nitrogen and oxygen atoms in total. The van der Waals surface area contributed by atoms with Crippen LogP contribution in [-0.2, 0) is 11.0 Å². The fourth-order valence-electron chi connectivity index (χ4n) is 2.63. The van der Waals surface area contributed by atoms with Crippen LogP contribution in [0.2, 0.25) is 0 Å². The van der Waals surface area contributed by atoms with Crippen molar-refractivity contribution in [3.63, 3.8) is 0 Å². The molecule has 0 saturated carbocycles. The first-order valence-corrected chi connectivity index (χ1v) is 8.60. The third kappa shape index (κ3) is 3.77. The zero-order valence-electron chi connectivity index (χ0n) is 14.4. The van der Waals surface area contributed by atoms with E-state index in [0.29, 0.717) is 15.3 Å². The predicted octanol–water partition coefficient (Wildman–Crippen LogP) is 5.66. The third-order valence-electron chi connectivity index (χ3n) is 3.90. The lowest BCUT2D eigenvalue weighted by Gasteiger charge is -2.17. The Bertz CT molecular complexity index is 1050. The molecule has 0 saturated heterocycles. The number of carboxylic acid groups (broad SMARTS) is 1. The average molecular weight is 417 g/mol. The Balaban J connectivity index is 2.01. The van der Waals surface area contributed by atoms with Crippen molar-refractivity contribution < 1.29 is 36.6 Å². The number of hydrogen-bond acceptors (Lipinski definition) is 4. The fraction of sp³-hybridized carbons (Fsp3) is 0.222. The summed E-state index contributed by atoms with van der Waals surface area (Å²) in [5.74, 6) is -2.70. The van der Waals surface area contributed by atoms with E-state index in [-0.39, 0.29) is 22.4 Å². The first-order chi connectivity index (χ1) is 12.9. The smallest absolute Gasteiger partial charge is 0.474 e. The molecule has 1 aromatic heterocycles. The van der Waals surface area contributed by atoms with Crippen molar-refractivity contribution in [3.05, 3.63) is 47.0 Å². The van der Waals surface area contributed by atoms with Crippen LogP contribution in [-0.4, -0.2) is 22.2 Å². The largest absolute Gasteiger partial charge is 0.501 e. The van der Waals surface area contributed by atoms with Gasteiger partial charge in [-0.15, -0.1) is 11.3 Å². The van der Waals surface area contributed by atoms with E-state index < -0.39 is 23.8 Å². The highest BCUT2D eigenvalue weighted by Gasteiger charge is 2.43. The molecule has 3 aromatic rings. The van der Waals surface area contributed by atoms with Crippen LogP contribution in [0.15, 0.2) is 30.3 Å². The number of hydrogen-bond donors (Lipinski definition) is 1. The van der Waals surface area contributed by atoms with E-state index in [9.17, 15) is 26.7 Å². The summed E-state index contributed by atoms with van der Waals surface area (Å²) in [6.07, 6.45) is -8.87. The van der Waals surface area contributed by atoms with Crippen molar-refractivity contribution in [1.82, 2.24) is 4.98 Å². The lowest BCUT2D eigenvalue weighted by Crippen LogP contribution is -2.35. The standard InChI is InChI=1S/C18H12F5NO3S/c1-8-5-10(6-9(2)14(8)27-18(22,23)16(25)26)15-24-12-7-11(17(19,20)21)3-4-13(12)28-15/h3-7H,1-2H3,(H,25,26). The van der Waals surface area contributed by atoms with E-state index in [1.807, 2.05) is 0 Å². The van der Waals surface area contributed by atoms with Gasteiger partial charge >= 0.3 is 18.3 Å². The molecular weight excluding hydrogens is 405 g/mol. The van der Waals surface area contributed by atoms with Gasteiger partial charge in [-0.2, -0.15) is 22.0 Å². The molecule has 28 heavy (non-hydrogen) atoms. The van der Waals surface area contributed by atoms with Gasteiger partial charge < -0.3 is 9.84 Å². The van der Waals surface area contributed by atoms with Crippen LogP contribution in [0.3, 0.4) is 0 Å². The summed E-state index contributed by atoms with van der Waals surface area (Å²) in [5, 5.41) is 8.91. The van der Waals surface area contributed by atoms with E-state index in [4.69, 9.17) is 5.11 Å². The summed E-state index contributed by atoms with van der Waals surface area (Å²) in [6, 6.07) is 6.15. The fourth-order valence-corrected chi connectivity index (χ4v) is 3.57. The molecule has 0 unspecified atom stereocenters. The summed E-state index contributed by atoms with van der Waals surface area (Å²) in [7, 11) is 0. The van der Waals surface area contributed by atoms with Crippen molar-refractivity contribution >= 4 is 27.5 Å². The number of aliphatic carboxylic acids is 1. The normalized spacial score (nSPS) is 12.4. The van der Waals surface area contributed by atoms with Crippen LogP contribution in [0.1, 0.15) is 16.7 Å². The van der Waals surface area contributed by atoms with Gasteiger partial charge in [0.25, 0.3) is 0 Å². The molecule has 0 aliphatic heterocycles. The maximum absolute atomic E-state index is 13.4. The molecule has 1 N–H and O–H groups in total. The Kier molecular flexibility index (Phi) is 4.78. The van der Waals surface area contributed by atoms with Crippen LogP contribution in [0.25, 0.3) is 20.8 Å². The van der Waals surface area contributed by atoms with Gasteiger partial charge in [-0.05, 0) is 55.3 Å². The molecular formula is C18H12F5NO3S. The lowest BCUT2D eigenvalue weighted by atomic mass is 10.1. The van der Waals surface area contributed by atoms with Crippen molar-refractivity contribution in [2.24, 2.45) is 0 Å². The topological polar surface area (TPSA) is 59.4 Å². The van der Waals surface area contributed by atoms with E-state index in [2.05, 4.69) is 9.72 Å². The molecule has 0 spiro atoms. The minimum atomic E-state index is -4.49. The molecule has 0 amide bonds. The van der Waals surface area contributed by atoms with Crippen LogP contribution in [0.5, 0.6) is 5.75 Å². The molecule has 2 aromatic carbocycles. The van der Waals surface area contributed by atoms with Crippen LogP contribution in [0, 0.1) is 13.8 Å². The summed E-state index contributed by atoms with van der Waals surface area (Å²) in [4.78, 5) is 14.8. The minimum absolute atomic E-state index is 0.169. The summed E-state index contributed by atoms with van der Waals surface area (Å²) < 4.78 is 70.2. The Labute approximate surface area is 159 Å². The van der Waals surface area contributed by atoms with Crippen molar-refractivity contribution in [3.8, 4) is 16.3 Å². The highest BCUT2D eigenvalue weighted by Crippen LogP contribution is 2.38. The molecule has 1 heterocycles. The maximum atomic E-state index is 13.4. The van der Waals surface area contributed by atoms with Gasteiger partial charge in [0.1, 0.15) is 10.8 Å². The Hall–Kier alpha value is -2.75. The lowest BCUT2D eigenvalue weighted by molar-refractivity contribution is -0.211. The van der Waals surface area contributed by atoms with Gasteiger partial charge in [0.05, 0.1) is 15.8 Å². The number of aryl methyl sites for hydroxylation is 2. The number of ether oxygens (including phenoxy) is 1. The minimum Gasteiger partial charge on any atom is -0.474 e. The number of alkyl halides is 5. The zero-order valence-corrected chi connectivity index (χ0v) is 15.2. The number of nitrogens with zero attached hydrogens (tertiary/aromatic N) is 1. The SMILES string of the molecule is Cc1cc(-c2nc3cc(C(F)(F)F)ccc3s2)cc(C)c1OC(F)(F)C(=O)O. The number of carboxylic acids is 1. The summed E-state index contributed by atoms with van der Waals surface area (Å²) in [6.45, 7) is 2.91. The highest BCUT2D eigenvalue weighted by molar-refractivity contribution is 7.21. The second kappa shape index (κ2) is 6.69. The molecule has 0 radical (unpaired) electrons. The number of halogens is 5. The second-order valence-corrected chi connectivity index (χ2v) is 7.09. The van der Waals surface area contributed by atoms with Gasteiger partial charge in [-0.1, -0.05) is 0 Å². The van der Waals surface area contributed by atoms with Gasteiger partial charge in [0.2, 0.25) is 0 Å². The van der Waals surface area contributed by atoms with Gasteiger partial charge in [0, 0.05) is 5.56 Å². The van der Waals surface area contributed by atoms with Crippen LogP contribution in [0.4, 0.5) is 22.0 Å². The molecule has 3 rings (SSSR count). The Morgan fingerprint density at radius 2 is 1.68 bits per heavy atom. The highest BCUT2D eigenvalue weighted by atomic mass is 32.1. The molecule has 0 fully saturated rings. The Morgan fingerprint density at radius 3 is 2.21 bits per heavy atom. The molecule has 0 aliphatic carbocycles. The van der Waals surface area contributed by atoms with Crippen molar-refractivity contribution in [2.45, 2.75) is 26.1 Å². The summed E-state index contributed by atoms with van der Waals surface area (Å²) >= 11 is 1.15. The first-order valence-electron chi connectivity index (χ1n) is 7.78. The molecule has 10 heteroatoms. The molecule has 0 bridgehead atoms. The van der Waals surface area contributed by atoms with Gasteiger partial charge in [-0.3, -0.25) is 0 Å². The molecule has 0 atom stereocenters. The monoisotopic (exact) mass is 417 g/mol. The number of carbonyl (C=O) groups is 1. The number of benzene rings is 2. The first kappa shape index (κ1) is 20.0. The van der Waals surface area contributed by atoms with Gasteiger partial charge in [-0.25, -0.2) is 9.78 Å². The average Bonchev–Trinajstić information content (AvgIpc) is 3.00. The third-order valence-corrected chi connectivity index (χ3v) is 4.99. The number of fused-ring (bicyclic) bond motifs is 1. The van der Waals surface area contributed by atoms with Gasteiger partial charge in [0.15, 0.2) is 0 Å².